The molecule has 2 aliphatic heterocycles. The lowest BCUT2D eigenvalue weighted by atomic mass is 10.00. The molecule has 0 bridgehead atoms. The van der Waals surface area contributed by atoms with E-state index in [1.54, 1.807) is 6.07 Å². The van der Waals surface area contributed by atoms with Gasteiger partial charge in [0.15, 0.2) is 0 Å². The van der Waals surface area contributed by atoms with Gasteiger partial charge in [-0.2, -0.15) is 0 Å². The summed E-state index contributed by atoms with van der Waals surface area (Å²) in [6, 6.07) is 24.1. The SMILES string of the molecule is O=C1Nc2cc(Cl)ccc2/C1=C(/Nc1ccc(CN2CCCCCC2)cc1)c1ccccc1. The first kappa shape index (κ1) is 21.7. The average Bonchev–Trinajstić information content (AvgIpc) is 2.98. The Bertz CT molecular complexity index is 1160. The number of anilines is 2. The van der Waals surface area contributed by atoms with Gasteiger partial charge < -0.3 is 10.6 Å². The van der Waals surface area contributed by atoms with Crippen LogP contribution in [-0.4, -0.2) is 23.9 Å². The van der Waals surface area contributed by atoms with Crippen molar-refractivity contribution in [3.8, 4) is 0 Å². The van der Waals surface area contributed by atoms with E-state index in [1.807, 2.05) is 42.5 Å². The van der Waals surface area contributed by atoms with Gasteiger partial charge in [0.1, 0.15) is 0 Å². The van der Waals surface area contributed by atoms with E-state index in [0.717, 1.165) is 34.7 Å². The molecule has 0 spiro atoms. The minimum Gasteiger partial charge on any atom is -0.354 e. The van der Waals surface area contributed by atoms with Crippen molar-refractivity contribution in [3.63, 3.8) is 0 Å². The number of fused-ring (bicyclic) bond motifs is 1. The van der Waals surface area contributed by atoms with Gasteiger partial charge in [0.2, 0.25) is 0 Å². The minimum atomic E-state index is -0.128. The van der Waals surface area contributed by atoms with Crippen LogP contribution in [0.3, 0.4) is 0 Å². The largest absolute Gasteiger partial charge is 0.354 e. The Labute approximate surface area is 200 Å². The van der Waals surface area contributed by atoms with Gasteiger partial charge >= 0.3 is 0 Å². The molecule has 2 heterocycles. The Morgan fingerprint density at radius 3 is 2.36 bits per heavy atom. The maximum atomic E-state index is 13.0. The van der Waals surface area contributed by atoms with Crippen LogP contribution < -0.4 is 10.6 Å². The fourth-order valence-corrected chi connectivity index (χ4v) is 4.84. The molecule has 33 heavy (non-hydrogen) atoms. The van der Waals surface area contributed by atoms with Gasteiger partial charge in [-0.05, 0) is 61.3 Å². The molecule has 0 aromatic heterocycles. The lowest BCUT2D eigenvalue weighted by Crippen LogP contribution is -2.23. The second-order valence-corrected chi connectivity index (χ2v) is 9.21. The van der Waals surface area contributed by atoms with Gasteiger partial charge in [-0.3, -0.25) is 9.69 Å². The lowest BCUT2D eigenvalue weighted by molar-refractivity contribution is -0.110. The molecule has 2 N–H and O–H groups in total. The van der Waals surface area contributed by atoms with E-state index in [4.69, 9.17) is 11.6 Å². The summed E-state index contributed by atoms with van der Waals surface area (Å²) >= 11 is 6.15. The molecule has 0 saturated carbocycles. The zero-order valence-electron chi connectivity index (χ0n) is 18.6. The van der Waals surface area contributed by atoms with Crippen LogP contribution in [0.5, 0.6) is 0 Å². The van der Waals surface area contributed by atoms with Gasteiger partial charge in [-0.15, -0.1) is 0 Å². The molecule has 5 heteroatoms. The molecule has 4 nitrogen and oxygen atoms in total. The fourth-order valence-electron chi connectivity index (χ4n) is 4.67. The molecule has 168 valence electrons. The third-order valence-corrected chi connectivity index (χ3v) is 6.60. The molecule has 0 radical (unpaired) electrons. The zero-order chi connectivity index (χ0) is 22.6. The molecule has 5 rings (SSSR count). The molecule has 1 saturated heterocycles. The Morgan fingerprint density at radius 1 is 0.909 bits per heavy atom. The van der Waals surface area contributed by atoms with Crippen LogP contribution in [0.1, 0.15) is 42.4 Å². The molecule has 0 atom stereocenters. The summed E-state index contributed by atoms with van der Waals surface area (Å²) in [6.45, 7) is 3.36. The maximum absolute atomic E-state index is 13.0. The van der Waals surface area contributed by atoms with Crippen molar-refractivity contribution in [1.29, 1.82) is 0 Å². The number of nitrogens with zero attached hydrogens (tertiary/aromatic N) is 1. The number of halogens is 1. The van der Waals surface area contributed by atoms with E-state index in [1.165, 1.54) is 44.3 Å². The summed E-state index contributed by atoms with van der Waals surface area (Å²) < 4.78 is 0. The van der Waals surface area contributed by atoms with E-state index < -0.39 is 0 Å². The van der Waals surface area contributed by atoms with Crippen LogP contribution in [0.4, 0.5) is 11.4 Å². The first-order valence-corrected chi connectivity index (χ1v) is 12.0. The number of benzene rings is 3. The average molecular weight is 458 g/mol. The van der Waals surface area contributed by atoms with Crippen molar-refractivity contribution in [3.05, 3.63) is 94.5 Å². The predicted octanol–water partition coefficient (Wildman–Crippen LogP) is 6.65. The molecule has 0 unspecified atom stereocenters. The number of nitrogens with one attached hydrogen (secondary N) is 2. The molecule has 2 aliphatic rings. The predicted molar refractivity (Wildman–Crippen MR) is 137 cm³/mol. The smallest absolute Gasteiger partial charge is 0.258 e. The highest BCUT2D eigenvalue weighted by Gasteiger charge is 2.28. The van der Waals surface area contributed by atoms with Crippen molar-refractivity contribution >= 4 is 40.2 Å². The van der Waals surface area contributed by atoms with E-state index in [0.29, 0.717) is 10.6 Å². The van der Waals surface area contributed by atoms with Crippen LogP contribution in [0.25, 0.3) is 11.3 Å². The van der Waals surface area contributed by atoms with Crippen molar-refractivity contribution in [2.75, 3.05) is 23.7 Å². The number of carbonyl (C=O) groups is 1. The first-order chi connectivity index (χ1) is 16.2. The standard InChI is InChI=1S/C28H28ClN3O/c29-22-12-15-24-25(18-22)31-28(33)26(24)27(21-8-4-3-5-9-21)30-23-13-10-20(11-14-23)19-32-16-6-1-2-7-17-32/h3-5,8-15,18,30H,1-2,6-7,16-17,19H2,(H,31,33)/b27-26-. The van der Waals surface area contributed by atoms with Crippen molar-refractivity contribution in [1.82, 2.24) is 4.90 Å². The highest BCUT2D eigenvalue weighted by molar-refractivity contribution is 6.38. The number of hydrogen-bond donors (Lipinski definition) is 2. The van der Waals surface area contributed by atoms with Crippen molar-refractivity contribution in [2.45, 2.75) is 32.2 Å². The van der Waals surface area contributed by atoms with Gasteiger partial charge in [-0.25, -0.2) is 0 Å². The van der Waals surface area contributed by atoms with Gasteiger partial charge in [0, 0.05) is 22.8 Å². The molecule has 1 fully saturated rings. The zero-order valence-corrected chi connectivity index (χ0v) is 19.4. The summed E-state index contributed by atoms with van der Waals surface area (Å²) in [7, 11) is 0. The van der Waals surface area contributed by atoms with Crippen molar-refractivity contribution in [2.24, 2.45) is 0 Å². The van der Waals surface area contributed by atoms with Gasteiger partial charge in [0.05, 0.1) is 17.0 Å². The maximum Gasteiger partial charge on any atom is 0.258 e. The number of hydrogen-bond acceptors (Lipinski definition) is 3. The highest BCUT2D eigenvalue weighted by atomic mass is 35.5. The van der Waals surface area contributed by atoms with E-state index in [9.17, 15) is 4.79 Å². The Balaban J connectivity index is 1.45. The number of rotatable bonds is 5. The number of amides is 1. The Morgan fingerprint density at radius 2 is 1.64 bits per heavy atom. The van der Waals surface area contributed by atoms with Crippen molar-refractivity contribution < 1.29 is 4.79 Å². The van der Waals surface area contributed by atoms with Gasteiger partial charge in [0.25, 0.3) is 5.91 Å². The summed E-state index contributed by atoms with van der Waals surface area (Å²) in [6.07, 6.45) is 5.28. The topological polar surface area (TPSA) is 44.4 Å². The summed E-state index contributed by atoms with van der Waals surface area (Å²) in [5.74, 6) is -0.128. The van der Waals surface area contributed by atoms with Crippen LogP contribution >= 0.6 is 11.6 Å². The summed E-state index contributed by atoms with van der Waals surface area (Å²) in [4.78, 5) is 15.5. The lowest BCUT2D eigenvalue weighted by Gasteiger charge is -2.20. The second kappa shape index (κ2) is 9.82. The summed E-state index contributed by atoms with van der Waals surface area (Å²) in [5, 5.41) is 7.09. The molecule has 0 aliphatic carbocycles. The summed E-state index contributed by atoms with van der Waals surface area (Å²) in [5.41, 5.74) is 6.24. The van der Waals surface area contributed by atoms with E-state index >= 15 is 0 Å². The highest BCUT2D eigenvalue weighted by Crippen LogP contribution is 2.38. The van der Waals surface area contributed by atoms with Crippen LogP contribution in [0.15, 0.2) is 72.8 Å². The third kappa shape index (κ3) is 4.97. The normalized spacial score (nSPS) is 17.8. The fraction of sp³-hybridized carbons (Fsp3) is 0.250. The number of carbonyl (C=O) groups excluding carboxylic acids is 1. The van der Waals surface area contributed by atoms with Crippen LogP contribution in [0.2, 0.25) is 5.02 Å². The first-order valence-electron chi connectivity index (χ1n) is 11.7. The molecular formula is C28H28ClN3O. The van der Waals surface area contributed by atoms with Crippen LogP contribution in [-0.2, 0) is 11.3 Å². The second-order valence-electron chi connectivity index (χ2n) is 8.77. The molecular weight excluding hydrogens is 430 g/mol. The number of likely N-dealkylation sites (tertiary alicyclic amines) is 1. The minimum absolute atomic E-state index is 0.128. The van der Waals surface area contributed by atoms with Gasteiger partial charge in [-0.1, -0.05) is 73.0 Å². The molecule has 3 aromatic carbocycles. The van der Waals surface area contributed by atoms with E-state index in [-0.39, 0.29) is 5.91 Å². The molecule has 1 amide bonds. The Hall–Kier alpha value is -3.08. The quantitative estimate of drug-likeness (QED) is 0.421. The third-order valence-electron chi connectivity index (χ3n) is 6.37. The van der Waals surface area contributed by atoms with E-state index in [2.05, 4.69) is 39.8 Å². The monoisotopic (exact) mass is 457 g/mol. The molecule has 3 aromatic rings. The Kier molecular flexibility index (Phi) is 6.47. The van der Waals surface area contributed by atoms with Crippen LogP contribution in [0, 0.1) is 0 Å².